The van der Waals surface area contributed by atoms with Crippen LogP contribution in [0.25, 0.3) is 11.0 Å². The lowest BCUT2D eigenvalue weighted by molar-refractivity contribution is -0.217. The van der Waals surface area contributed by atoms with Gasteiger partial charge in [0.25, 0.3) is 0 Å². The molecule has 6 aliphatic rings. The number of nitrogens with zero attached hydrogens (tertiary/aromatic N) is 3. The third-order valence-electron chi connectivity index (χ3n) is 15.6. The van der Waals surface area contributed by atoms with Gasteiger partial charge in [-0.1, -0.05) is 27.7 Å². The largest absolute Gasteiger partial charge is 0.483 e. The first-order chi connectivity index (χ1) is 26.5. The van der Waals surface area contributed by atoms with Crippen molar-refractivity contribution >= 4 is 40.7 Å². The van der Waals surface area contributed by atoms with Crippen LogP contribution in [0, 0.1) is 21.7 Å². The summed E-state index contributed by atoms with van der Waals surface area (Å²) < 4.78 is 38.1. The summed E-state index contributed by atoms with van der Waals surface area (Å²) in [5, 5.41) is 0.226. The van der Waals surface area contributed by atoms with Crippen LogP contribution in [0.4, 0.5) is 5.88 Å². The molecule has 0 spiro atoms. The van der Waals surface area contributed by atoms with Gasteiger partial charge in [0, 0.05) is 43.1 Å². The molecule has 0 radical (unpaired) electrons. The van der Waals surface area contributed by atoms with E-state index in [-0.39, 0.29) is 40.6 Å². The van der Waals surface area contributed by atoms with E-state index in [2.05, 4.69) is 23.9 Å². The summed E-state index contributed by atoms with van der Waals surface area (Å²) in [6, 6.07) is 4.73. The number of anilines is 1. The number of rotatable bonds is 9. The average Bonchev–Trinajstić information content (AvgIpc) is 3.60. The van der Waals surface area contributed by atoms with Gasteiger partial charge in [0.15, 0.2) is 29.1 Å². The Labute approximate surface area is 333 Å². The van der Waals surface area contributed by atoms with Gasteiger partial charge in [-0.15, -0.1) is 0 Å². The van der Waals surface area contributed by atoms with Crippen LogP contribution >= 0.6 is 0 Å². The van der Waals surface area contributed by atoms with Crippen LogP contribution in [0.2, 0.25) is 0 Å². The number of benzene rings is 1. The fourth-order valence-electron chi connectivity index (χ4n) is 10.5. The minimum Gasteiger partial charge on any atom is -0.483 e. The number of carbonyl (C=O) groups is 4. The first-order valence-electron chi connectivity index (χ1n) is 20.4. The molecule has 310 valence electrons. The summed E-state index contributed by atoms with van der Waals surface area (Å²) in [6.45, 7) is 19.2. The van der Waals surface area contributed by atoms with Gasteiger partial charge in [0.1, 0.15) is 11.4 Å². The van der Waals surface area contributed by atoms with Crippen molar-refractivity contribution < 1.29 is 47.3 Å². The highest BCUT2D eigenvalue weighted by atomic mass is 16.7. The molecular formula is C43H57N3O11. The maximum absolute atomic E-state index is 14.8. The number of ether oxygens (including phenoxy) is 5. The molecular weight excluding hydrogens is 734 g/mol. The van der Waals surface area contributed by atoms with E-state index in [0.29, 0.717) is 31.8 Å². The zero-order valence-electron chi connectivity index (χ0n) is 35.0. The molecule has 14 heteroatoms. The molecule has 4 bridgehead atoms. The van der Waals surface area contributed by atoms with E-state index in [9.17, 15) is 24.0 Å². The van der Waals surface area contributed by atoms with Crippen LogP contribution in [0.3, 0.4) is 0 Å². The fraction of sp³-hybridized carbons (Fsp3) is 0.698. The van der Waals surface area contributed by atoms with Crippen molar-refractivity contribution in [3.8, 4) is 5.75 Å². The maximum Gasteiger partial charge on any atom is 0.351 e. The molecule has 0 N–H and O–H groups in total. The third-order valence-corrected chi connectivity index (χ3v) is 15.6. The molecule has 4 aliphatic heterocycles. The van der Waals surface area contributed by atoms with Crippen molar-refractivity contribution in [2.75, 3.05) is 58.3 Å². The summed E-state index contributed by atoms with van der Waals surface area (Å²) in [4.78, 5) is 76.5. The molecule has 8 rings (SSSR count). The molecule has 2 unspecified atom stereocenters. The van der Waals surface area contributed by atoms with Crippen LogP contribution in [-0.2, 0) is 38.1 Å². The minimum atomic E-state index is -1.62. The van der Waals surface area contributed by atoms with Gasteiger partial charge in [0.05, 0.1) is 21.8 Å². The normalized spacial score (nSPS) is 34.5. The van der Waals surface area contributed by atoms with Crippen molar-refractivity contribution in [2.24, 2.45) is 21.7 Å². The van der Waals surface area contributed by atoms with Crippen LogP contribution in [0.5, 0.6) is 5.75 Å². The molecule has 5 fully saturated rings. The molecule has 2 saturated carbocycles. The zero-order chi connectivity index (χ0) is 41.3. The molecule has 57 heavy (non-hydrogen) atoms. The first kappa shape index (κ1) is 39.6. The van der Waals surface area contributed by atoms with E-state index in [0.717, 1.165) is 32.6 Å². The lowest BCUT2D eigenvalue weighted by atomic mass is 9.66. The zero-order valence-corrected chi connectivity index (χ0v) is 35.0. The van der Waals surface area contributed by atoms with E-state index in [1.165, 1.54) is 6.07 Å². The van der Waals surface area contributed by atoms with Gasteiger partial charge in [-0.3, -0.25) is 19.3 Å². The fourth-order valence-corrected chi connectivity index (χ4v) is 10.5. The van der Waals surface area contributed by atoms with Crippen molar-refractivity contribution in [1.82, 2.24) is 9.80 Å². The smallest absolute Gasteiger partial charge is 0.351 e. The second-order valence-electron chi connectivity index (χ2n) is 19.5. The van der Waals surface area contributed by atoms with E-state index < -0.39 is 74.5 Å². The SMILES string of the molecule is CN(C)CCCN1CCN(c2cc(=O)c3ccc4c(c3o2)[C@@H](OC(=O)C23CC[C@@](C)(C(=O)O2)C3(C)C)[C@@H](OC(=O)C23CC[C@](C)(C(=O)O2)C3(C)C)C(C)(C)O4)CC1. The van der Waals surface area contributed by atoms with Crippen LogP contribution in [0.15, 0.2) is 27.4 Å². The van der Waals surface area contributed by atoms with Gasteiger partial charge < -0.3 is 37.9 Å². The van der Waals surface area contributed by atoms with E-state index in [1.54, 1.807) is 32.9 Å². The highest BCUT2D eigenvalue weighted by Crippen LogP contribution is 2.67. The average molecular weight is 792 g/mol. The van der Waals surface area contributed by atoms with Crippen LogP contribution < -0.4 is 15.1 Å². The summed E-state index contributed by atoms with van der Waals surface area (Å²) in [5.74, 6) is -1.88. The predicted octanol–water partition coefficient (Wildman–Crippen LogP) is 4.78. The van der Waals surface area contributed by atoms with Gasteiger partial charge in [-0.2, -0.15) is 0 Å². The predicted molar refractivity (Wildman–Crippen MR) is 208 cm³/mol. The molecule has 5 heterocycles. The molecule has 2 aromatic rings. The quantitative estimate of drug-likeness (QED) is 0.253. The Hall–Kier alpha value is -4.17. The molecule has 14 nitrogen and oxygen atoms in total. The van der Waals surface area contributed by atoms with Crippen molar-refractivity contribution in [1.29, 1.82) is 0 Å². The number of hydrogen-bond donors (Lipinski definition) is 0. The Balaban J connectivity index is 1.21. The van der Waals surface area contributed by atoms with Gasteiger partial charge in [-0.25, -0.2) is 9.59 Å². The topological polar surface area (TPSA) is 154 Å². The Morgan fingerprint density at radius 3 is 1.84 bits per heavy atom. The number of esters is 4. The van der Waals surface area contributed by atoms with Gasteiger partial charge in [-0.05, 0) is 99.1 Å². The monoisotopic (exact) mass is 791 g/mol. The minimum absolute atomic E-state index is 0.133. The summed E-state index contributed by atoms with van der Waals surface area (Å²) >= 11 is 0. The highest BCUT2D eigenvalue weighted by molar-refractivity contribution is 5.95. The molecule has 1 aromatic heterocycles. The molecule has 1 aromatic carbocycles. The number of fused-ring (bicyclic) bond motifs is 7. The van der Waals surface area contributed by atoms with Crippen LogP contribution in [0.1, 0.15) is 99.2 Å². The Bertz CT molecular complexity index is 2120. The lowest BCUT2D eigenvalue weighted by Crippen LogP contribution is -2.57. The molecule has 6 atom stereocenters. The summed E-state index contributed by atoms with van der Waals surface area (Å²) in [6.07, 6.45) is -0.315. The van der Waals surface area contributed by atoms with Crippen molar-refractivity contribution in [3.63, 3.8) is 0 Å². The van der Waals surface area contributed by atoms with E-state index in [4.69, 9.17) is 28.1 Å². The molecule has 2 aliphatic carbocycles. The lowest BCUT2D eigenvalue weighted by Gasteiger charge is -2.45. The summed E-state index contributed by atoms with van der Waals surface area (Å²) in [7, 11) is 4.12. The second kappa shape index (κ2) is 12.7. The Morgan fingerprint density at radius 2 is 1.33 bits per heavy atom. The molecule has 0 amide bonds. The number of hydrogen-bond acceptors (Lipinski definition) is 14. The summed E-state index contributed by atoms with van der Waals surface area (Å²) in [5.41, 5.74) is -8.15. The van der Waals surface area contributed by atoms with E-state index >= 15 is 0 Å². The number of piperazine rings is 1. The molecule has 3 saturated heterocycles. The Morgan fingerprint density at radius 1 is 0.772 bits per heavy atom. The standard InChI is InChI=1S/C43H57N3O11/c1-37(2)32(54-36(51)43-17-15-41(8,34(49)57-43)39(43,5)6)31(53-35(50)42-16-14-40(7,33(48)56-42)38(42,3)4)29-27(55-37)13-12-25-26(47)24-28(52-30(25)29)46-22-20-45(21-23-46)19-11-18-44(9)10/h12-13,24,31-32H,11,14-23H2,1-10H3/t31-,32-,40+,41-,42?,43?/m1/s1. The first-order valence-corrected chi connectivity index (χ1v) is 20.4. The number of carbonyl (C=O) groups excluding carboxylic acids is 4. The maximum atomic E-state index is 14.8. The van der Waals surface area contributed by atoms with Crippen molar-refractivity contribution in [2.45, 2.75) is 117 Å². The third kappa shape index (κ3) is 5.30. The van der Waals surface area contributed by atoms with Gasteiger partial charge in [0.2, 0.25) is 11.2 Å². The Kier molecular flexibility index (Phi) is 8.81. The van der Waals surface area contributed by atoms with E-state index in [1.807, 2.05) is 39.5 Å². The second-order valence-corrected chi connectivity index (χ2v) is 19.5. The van der Waals surface area contributed by atoms with Gasteiger partial charge >= 0.3 is 23.9 Å². The van der Waals surface area contributed by atoms with Crippen LogP contribution in [-0.4, -0.2) is 110 Å². The highest BCUT2D eigenvalue weighted by Gasteiger charge is 2.78. The van der Waals surface area contributed by atoms with Crippen molar-refractivity contribution in [3.05, 3.63) is 34.0 Å².